The number of likely N-dealkylation sites (N-methyl/N-ethyl adjacent to an activating group) is 1. The first-order chi connectivity index (χ1) is 9.58. The van der Waals surface area contributed by atoms with Gasteiger partial charge in [-0.15, -0.1) is 0 Å². The zero-order chi connectivity index (χ0) is 14.7. The average molecular weight is 291 g/mol. The van der Waals surface area contributed by atoms with Crippen molar-refractivity contribution in [1.82, 2.24) is 16.0 Å². The first kappa shape index (κ1) is 14.3. The van der Waals surface area contributed by atoms with Crippen molar-refractivity contribution in [3.63, 3.8) is 0 Å². The number of ether oxygens (including phenoxy) is 1. The number of benzene rings is 1. The van der Waals surface area contributed by atoms with Gasteiger partial charge < -0.3 is 20.7 Å². The molecule has 0 radical (unpaired) electrons. The standard InChI is InChI=1S/C14H17N3O2S/c1-8-11(13(18)15-2)12(17-14(20)16-8)9-6-4-5-7-10(9)19-3/h4-7,12H,1-3H3,(H,15,18)(H2,16,17,20)/t12-/m0/s1. The molecule has 1 aliphatic rings. The Morgan fingerprint density at radius 1 is 1.40 bits per heavy atom. The highest BCUT2D eigenvalue weighted by Crippen LogP contribution is 2.32. The van der Waals surface area contributed by atoms with Gasteiger partial charge in [-0.2, -0.15) is 0 Å². The highest BCUT2D eigenvalue weighted by atomic mass is 32.1. The van der Waals surface area contributed by atoms with Crippen LogP contribution in [0.2, 0.25) is 0 Å². The highest BCUT2D eigenvalue weighted by Gasteiger charge is 2.30. The van der Waals surface area contributed by atoms with Gasteiger partial charge in [0.1, 0.15) is 5.75 Å². The summed E-state index contributed by atoms with van der Waals surface area (Å²) in [5, 5.41) is 9.25. The summed E-state index contributed by atoms with van der Waals surface area (Å²) >= 11 is 5.19. The summed E-state index contributed by atoms with van der Waals surface area (Å²) in [6.45, 7) is 1.83. The Balaban J connectivity index is 2.54. The van der Waals surface area contributed by atoms with E-state index in [2.05, 4.69) is 16.0 Å². The molecule has 1 aromatic carbocycles. The Morgan fingerprint density at radius 2 is 2.10 bits per heavy atom. The Kier molecular flexibility index (Phi) is 4.24. The largest absolute Gasteiger partial charge is 0.496 e. The third-order valence-corrected chi connectivity index (χ3v) is 3.41. The first-order valence-electron chi connectivity index (χ1n) is 6.21. The Labute approximate surface area is 123 Å². The molecule has 6 heteroatoms. The molecule has 0 fully saturated rings. The molecule has 1 amide bonds. The SMILES string of the molecule is CNC(=O)C1=C(C)NC(=S)N[C@H]1c1ccccc1OC. The molecule has 0 saturated heterocycles. The number of allylic oxidation sites excluding steroid dienone is 1. The van der Waals surface area contributed by atoms with Crippen LogP contribution in [0.15, 0.2) is 35.5 Å². The molecular formula is C14H17N3O2S. The number of hydrogen-bond donors (Lipinski definition) is 3. The second-order valence-electron chi connectivity index (χ2n) is 4.39. The first-order valence-corrected chi connectivity index (χ1v) is 6.62. The maximum Gasteiger partial charge on any atom is 0.251 e. The molecule has 1 aromatic rings. The fraction of sp³-hybridized carbons (Fsp3) is 0.286. The minimum absolute atomic E-state index is 0.152. The van der Waals surface area contributed by atoms with E-state index in [-0.39, 0.29) is 11.9 Å². The summed E-state index contributed by atoms with van der Waals surface area (Å²) < 4.78 is 5.37. The van der Waals surface area contributed by atoms with Crippen LogP contribution in [0.25, 0.3) is 0 Å². The molecule has 0 aliphatic carbocycles. The maximum absolute atomic E-state index is 12.1. The van der Waals surface area contributed by atoms with Crippen molar-refractivity contribution in [2.45, 2.75) is 13.0 Å². The van der Waals surface area contributed by atoms with Crippen LogP contribution in [0.5, 0.6) is 5.75 Å². The number of carbonyl (C=O) groups excluding carboxylic acids is 1. The number of thiocarbonyl (C=S) groups is 1. The average Bonchev–Trinajstić information content (AvgIpc) is 2.45. The third-order valence-electron chi connectivity index (χ3n) is 3.19. The fourth-order valence-electron chi connectivity index (χ4n) is 2.27. The van der Waals surface area contributed by atoms with Gasteiger partial charge in [0.15, 0.2) is 5.11 Å². The lowest BCUT2D eigenvalue weighted by Crippen LogP contribution is -2.46. The van der Waals surface area contributed by atoms with Crippen LogP contribution >= 0.6 is 12.2 Å². The van der Waals surface area contributed by atoms with Gasteiger partial charge in [0, 0.05) is 18.3 Å². The Hall–Kier alpha value is -2.08. The summed E-state index contributed by atoms with van der Waals surface area (Å²) in [4.78, 5) is 12.1. The molecule has 3 N–H and O–H groups in total. The maximum atomic E-state index is 12.1. The smallest absolute Gasteiger partial charge is 0.251 e. The van der Waals surface area contributed by atoms with Gasteiger partial charge in [-0.3, -0.25) is 4.79 Å². The number of methoxy groups -OCH3 is 1. The monoisotopic (exact) mass is 291 g/mol. The normalized spacial score (nSPS) is 18.1. The summed E-state index contributed by atoms with van der Waals surface area (Å²) in [5.41, 5.74) is 2.21. The molecule has 1 atom stereocenters. The number of carbonyl (C=O) groups is 1. The van der Waals surface area contributed by atoms with E-state index in [4.69, 9.17) is 17.0 Å². The van der Waals surface area contributed by atoms with Crippen LogP contribution in [-0.4, -0.2) is 25.2 Å². The fourth-order valence-corrected chi connectivity index (χ4v) is 2.54. The van der Waals surface area contributed by atoms with Crippen LogP contribution < -0.4 is 20.7 Å². The van der Waals surface area contributed by atoms with Crippen molar-refractivity contribution < 1.29 is 9.53 Å². The number of rotatable bonds is 3. The van der Waals surface area contributed by atoms with Crippen LogP contribution in [0, 0.1) is 0 Å². The van der Waals surface area contributed by atoms with Crippen molar-refractivity contribution in [2.24, 2.45) is 0 Å². The van der Waals surface area contributed by atoms with E-state index >= 15 is 0 Å². The molecule has 0 bridgehead atoms. The number of nitrogens with one attached hydrogen (secondary N) is 3. The highest BCUT2D eigenvalue weighted by molar-refractivity contribution is 7.80. The van der Waals surface area contributed by atoms with E-state index in [0.29, 0.717) is 16.4 Å². The van der Waals surface area contributed by atoms with E-state index in [0.717, 1.165) is 11.3 Å². The second-order valence-corrected chi connectivity index (χ2v) is 4.80. The van der Waals surface area contributed by atoms with E-state index in [1.807, 2.05) is 31.2 Å². The zero-order valence-corrected chi connectivity index (χ0v) is 12.4. The van der Waals surface area contributed by atoms with Crippen molar-refractivity contribution in [2.75, 3.05) is 14.2 Å². The molecule has 106 valence electrons. The van der Waals surface area contributed by atoms with Gasteiger partial charge in [-0.05, 0) is 25.2 Å². The quantitative estimate of drug-likeness (QED) is 0.731. The molecule has 0 unspecified atom stereocenters. The molecule has 0 saturated carbocycles. The zero-order valence-electron chi connectivity index (χ0n) is 11.6. The van der Waals surface area contributed by atoms with Crippen molar-refractivity contribution >= 4 is 23.2 Å². The second kappa shape index (κ2) is 5.92. The minimum atomic E-state index is -0.333. The molecule has 0 spiro atoms. The summed E-state index contributed by atoms with van der Waals surface area (Å²) in [6.07, 6.45) is 0. The lowest BCUT2D eigenvalue weighted by atomic mass is 9.94. The molecule has 2 rings (SSSR count). The summed E-state index contributed by atoms with van der Waals surface area (Å²) in [6, 6.07) is 7.23. The Morgan fingerprint density at radius 3 is 2.75 bits per heavy atom. The lowest BCUT2D eigenvalue weighted by Gasteiger charge is -2.30. The van der Waals surface area contributed by atoms with Crippen molar-refractivity contribution in [3.8, 4) is 5.75 Å². The van der Waals surface area contributed by atoms with E-state index in [1.165, 1.54) is 0 Å². The number of amides is 1. The van der Waals surface area contributed by atoms with Crippen LogP contribution in [0.3, 0.4) is 0 Å². The summed E-state index contributed by atoms with van der Waals surface area (Å²) in [5.74, 6) is 0.560. The van der Waals surface area contributed by atoms with Gasteiger partial charge >= 0.3 is 0 Å². The number of para-hydroxylation sites is 1. The Bertz CT molecular complexity index is 584. The third kappa shape index (κ3) is 2.60. The summed E-state index contributed by atoms with van der Waals surface area (Å²) in [7, 11) is 3.21. The lowest BCUT2D eigenvalue weighted by molar-refractivity contribution is -0.117. The van der Waals surface area contributed by atoms with Gasteiger partial charge in [-0.1, -0.05) is 18.2 Å². The van der Waals surface area contributed by atoms with Gasteiger partial charge in [0.05, 0.1) is 18.7 Å². The minimum Gasteiger partial charge on any atom is -0.496 e. The van der Waals surface area contributed by atoms with Crippen LogP contribution in [-0.2, 0) is 4.79 Å². The van der Waals surface area contributed by atoms with Gasteiger partial charge in [0.25, 0.3) is 5.91 Å². The van der Waals surface area contributed by atoms with Crippen molar-refractivity contribution in [3.05, 3.63) is 41.1 Å². The van der Waals surface area contributed by atoms with E-state index in [1.54, 1.807) is 14.2 Å². The molecule has 1 heterocycles. The van der Waals surface area contributed by atoms with Crippen LogP contribution in [0.1, 0.15) is 18.5 Å². The molecule has 5 nitrogen and oxygen atoms in total. The molecule has 0 aromatic heterocycles. The van der Waals surface area contributed by atoms with E-state index < -0.39 is 0 Å². The van der Waals surface area contributed by atoms with Gasteiger partial charge in [-0.25, -0.2) is 0 Å². The van der Waals surface area contributed by atoms with E-state index in [9.17, 15) is 4.79 Å². The predicted molar refractivity (Wildman–Crippen MR) is 81.4 cm³/mol. The predicted octanol–water partition coefficient (Wildman–Crippen LogP) is 1.23. The van der Waals surface area contributed by atoms with Gasteiger partial charge in [0.2, 0.25) is 0 Å². The van der Waals surface area contributed by atoms with Crippen molar-refractivity contribution in [1.29, 1.82) is 0 Å². The topological polar surface area (TPSA) is 62.4 Å². The van der Waals surface area contributed by atoms with Crippen LogP contribution in [0.4, 0.5) is 0 Å². The molecular weight excluding hydrogens is 274 g/mol. The molecule has 1 aliphatic heterocycles. The molecule has 20 heavy (non-hydrogen) atoms. The number of hydrogen-bond acceptors (Lipinski definition) is 3.